The predicted octanol–water partition coefficient (Wildman–Crippen LogP) is 2.87. The average Bonchev–Trinajstić information content (AvgIpc) is 2.63. The molecule has 5 nitrogen and oxygen atoms in total. The van der Waals surface area contributed by atoms with E-state index in [1.165, 1.54) is 0 Å². The minimum Gasteiger partial charge on any atom is -0.398 e. The Morgan fingerprint density at radius 3 is 2.15 bits per heavy atom. The summed E-state index contributed by atoms with van der Waals surface area (Å²) in [5.41, 5.74) is 7.69. The molecule has 3 rings (SSSR count). The number of hydrogen-bond acceptors (Lipinski definition) is 3. The van der Waals surface area contributed by atoms with Crippen molar-refractivity contribution in [3.05, 3.63) is 64.7 Å². The minimum absolute atomic E-state index is 0. The topological polar surface area (TPSA) is 66.6 Å². The van der Waals surface area contributed by atoms with Gasteiger partial charge in [0.2, 0.25) is 5.91 Å². The van der Waals surface area contributed by atoms with Crippen molar-refractivity contribution in [3.63, 3.8) is 0 Å². The molecule has 1 aliphatic rings. The van der Waals surface area contributed by atoms with E-state index in [0.717, 1.165) is 5.56 Å². The Hall–Kier alpha value is -2.24. The van der Waals surface area contributed by atoms with Crippen LogP contribution < -0.4 is 5.73 Å². The van der Waals surface area contributed by atoms with Gasteiger partial charge in [-0.2, -0.15) is 0 Å². The zero-order valence-corrected chi connectivity index (χ0v) is 15.8. The molecule has 0 saturated carbocycles. The lowest BCUT2D eigenvalue weighted by atomic mass is 10.1. The van der Waals surface area contributed by atoms with E-state index in [9.17, 15) is 9.59 Å². The van der Waals surface area contributed by atoms with Gasteiger partial charge in [0.15, 0.2) is 0 Å². The van der Waals surface area contributed by atoms with Gasteiger partial charge in [0.1, 0.15) is 0 Å². The summed E-state index contributed by atoms with van der Waals surface area (Å²) in [6.07, 6.45) is 0.277. The van der Waals surface area contributed by atoms with Gasteiger partial charge in [-0.15, -0.1) is 12.4 Å². The number of nitrogen functional groups attached to an aromatic ring is 1. The second-order valence-electron chi connectivity index (χ2n) is 6.03. The third-order valence-electron chi connectivity index (χ3n) is 4.41. The second-order valence-corrected chi connectivity index (χ2v) is 6.44. The Morgan fingerprint density at radius 1 is 0.923 bits per heavy atom. The Bertz CT molecular complexity index is 790. The average molecular weight is 394 g/mol. The number of nitrogens with two attached hydrogens (primary N) is 1. The molecule has 0 unspecified atom stereocenters. The fourth-order valence-electron chi connectivity index (χ4n) is 2.94. The molecular formula is C19H21Cl2N3O2. The van der Waals surface area contributed by atoms with Gasteiger partial charge in [-0.05, 0) is 23.8 Å². The SMILES string of the molecule is Cl.Nc1ccccc1C(=O)N1CCN(C(=O)Cc2ccccc2Cl)CC1. The summed E-state index contributed by atoms with van der Waals surface area (Å²) in [6.45, 7) is 2.03. The van der Waals surface area contributed by atoms with Gasteiger partial charge in [-0.1, -0.05) is 41.9 Å². The van der Waals surface area contributed by atoms with Crippen molar-refractivity contribution in [1.82, 2.24) is 9.80 Å². The number of rotatable bonds is 3. The summed E-state index contributed by atoms with van der Waals surface area (Å²) in [5.74, 6) is -0.0595. The van der Waals surface area contributed by atoms with Crippen LogP contribution in [0.1, 0.15) is 15.9 Å². The first-order valence-corrected chi connectivity index (χ1v) is 8.59. The van der Waals surface area contributed by atoms with E-state index in [-0.39, 0.29) is 30.6 Å². The molecule has 0 spiro atoms. The molecule has 1 heterocycles. The lowest BCUT2D eigenvalue weighted by molar-refractivity contribution is -0.131. The van der Waals surface area contributed by atoms with Crippen LogP contribution in [0, 0.1) is 0 Å². The van der Waals surface area contributed by atoms with Crippen LogP contribution in [0.25, 0.3) is 0 Å². The van der Waals surface area contributed by atoms with Crippen molar-refractivity contribution >= 4 is 41.5 Å². The maximum atomic E-state index is 12.6. The molecule has 0 bridgehead atoms. The van der Waals surface area contributed by atoms with Crippen LogP contribution in [0.3, 0.4) is 0 Å². The number of hydrogen-bond donors (Lipinski definition) is 1. The Balaban J connectivity index is 0.00000243. The highest BCUT2D eigenvalue weighted by molar-refractivity contribution is 6.31. The van der Waals surface area contributed by atoms with Gasteiger partial charge < -0.3 is 15.5 Å². The molecule has 1 fully saturated rings. The summed E-state index contributed by atoms with van der Waals surface area (Å²) >= 11 is 6.12. The summed E-state index contributed by atoms with van der Waals surface area (Å²) in [7, 11) is 0. The first kappa shape index (κ1) is 20.1. The first-order chi connectivity index (χ1) is 12.1. The maximum Gasteiger partial charge on any atom is 0.256 e. The van der Waals surface area contributed by atoms with Crippen LogP contribution >= 0.6 is 24.0 Å². The lowest BCUT2D eigenvalue weighted by Gasteiger charge is -2.35. The number of nitrogens with zero attached hydrogens (tertiary/aromatic N) is 2. The minimum atomic E-state index is -0.0868. The van der Waals surface area contributed by atoms with Gasteiger partial charge in [0, 0.05) is 36.9 Å². The molecule has 2 aromatic carbocycles. The third-order valence-corrected chi connectivity index (χ3v) is 4.78. The van der Waals surface area contributed by atoms with Crippen molar-refractivity contribution in [1.29, 1.82) is 0 Å². The van der Waals surface area contributed by atoms with Crippen molar-refractivity contribution in [2.45, 2.75) is 6.42 Å². The van der Waals surface area contributed by atoms with Crippen LogP contribution in [0.5, 0.6) is 0 Å². The highest BCUT2D eigenvalue weighted by Crippen LogP contribution is 2.18. The fraction of sp³-hybridized carbons (Fsp3) is 0.263. The molecule has 26 heavy (non-hydrogen) atoms. The highest BCUT2D eigenvalue weighted by Gasteiger charge is 2.25. The molecule has 0 radical (unpaired) electrons. The number of amides is 2. The number of anilines is 1. The maximum absolute atomic E-state index is 12.6. The molecule has 0 aromatic heterocycles. The molecule has 7 heteroatoms. The van der Waals surface area contributed by atoms with Gasteiger partial charge in [-0.25, -0.2) is 0 Å². The van der Waals surface area contributed by atoms with E-state index in [0.29, 0.717) is 42.5 Å². The number of para-hydroxylation sites is 1. The fourth-order valence-corrected chi connectivity index (χ4v) is 3.14. The quantitative estimate of drug-likeness (QED) is 0.815. The standard InChI is InChI=1S/C19H20ClN3O2.ClH/c20-16-7-3-1-5-14(16)13-18(24)22-9-11-23(12-10-22)19(25)15-6-2-4-8-17(15)21;/h1-8H,9-13,21H2;1H. The number of benzene rings is 2. The van der Waals surface area contributed by atoms with Crippen LogP contribution in [0.15, 0.2) is 48.5 Å². The largest absolute Gasteiger partial charge is 0.398 e. The van der Waals surface area contributed by atoms with Gasteiger partial charge in [-0.3, -0.25) is 9.59 Å². The number of carbonyl (C=O) groups is 2. The van der Waals surface area contributed by atoms with E-state index < -0.39 is 0 Å². The number of carbonyl (C=O) groups excluding carboxylic acids is 2. The summed E-state index contributed by atoms with van der Waals surface area (Å²) in [5, 5.41) is 0.601. The molecule has 0 aliphatic carbocycles. The zero-order chi connectivity index (χ0) is 17.8. The monoisotopic (exact) mass is 393 g/mol. The van der Waals surface area contributed by atoms with Crippen molar-refractivity contribution in [2.24, 2.45) is 0 Å². The van der Waals surface area contributed by atoms with Gasteiger partial charge in [0.05, 0.1) is 12.0 Å². The molecule has 1 saturated heterocycles. The lowest BCUT2D eigenvalue weighted by Crippen LogP contribution is -2.51. The first-order valence-electron chi connectivity index (χ1n) is 8.21. The van der Waals surface area contributed by atoms with Crippen molar-refractivity contribution in [2.75, 3.05) is 31.9 Å². The van der Waals surface area contributed by atoms with E-state index in [1.54, 1.807) is 40.1 Å². The molecular weight excluding hydrogens is 373 g/mol. The zero-order valence-electron chi connectivity index (χ0n) is 14.2. The molecule has 2 aromatic rings. The van der Waals surface area contributed by atoms with Gasteiger partial charge >= 0.3 is 0 Å². The van der Waals surface area contributed by atoms with E-state index in [1.807, 2.05) is 18.2 Å². The normalized spacial score (nSPS) is 13.9. The smallest absolute Gasteiger partial charge is 0.256 e. The summed E-state index contributed by atoms with van der Waals surface area (Å²) < 4.78 is 0. The molecule has 1 aliphatic heterocycles. The van der Waals surface area contributed by atoms with Crippen molar-refractivity contribution in [3.8, 4) is 0 Å². The van der Waals surface area contributed by atoms with Crippen LogP contribution in [-0.4, -0.2) is 47.8 Å². The molecule has 2 amide bonds. The van der Waals surface area contributed by atoms with E-state index in [2.05, 4.69) is 0 Å². The molecule has 2 N–H and O–H groups in total. The van der Waals surface area contributed by atoms with Crippen LogP contribution in [0.4, 0.5) is 5.69 Å². The third kappa shape index (κ3) is 4.48. The Labute approximate surface area is 164 Å². The molecule has 138 valence electrons. The van der Waals surface area contributed by atoms with Crippen molar-refractivity contribution < 1.29 is 9.59 Å². The Kier molecular flexibility index (Phi) is 6.89. The van der Waals surface area contributed by atoms with Crippen LogP contribution in [-0.2, 0) is 11.2 Å². The predicted molar refractivity (Wildman–Crippen MR) is 106 cm³/mol. The van der Waals surface area contributed by atoms with E-state index >= 15 is 0 Å². The summed E-state index contributed by atoms with van der Waals surface area (Å²) in [4.78, 5) is 28.5. The van der Waals surface area contributed by atoms with Crippen LogP contribution in [0.2, 0.25) is 5.02 Å². The van der Waals surface area contributed by atoms with Gasteiger partial charge in [0.25, 0.3) is 5.91 Å². The molecule has 0 atom stereocenters. The Morgan fingerprint density at radius 2 is 1.50 bits per heavy atom. The van der Waals surface area contributed by atoms with E-state index in [4.69, 9.17) is 17.3 Å². The number of piperazine rings is 1. The summed E-state index contributed by atoms with van der Waals surface area (Å²) in [6, 6.07) is 14.4. The highest BCUT2D eigenvalue weighted by atomic mass is 35.5. The number of halogens is 2. The second kappa shape index (κ2) is 8.92.